The number of carboxylic acid groups (broad SMARTS) is 1. The lowest BCUT2D eigenvalue weighted by Crippen LogP contribution is -2.36. The molecule has 0 aliphatic carbocycles. The lowest BCUT2D eigenvalue weighted by Gasteiger charge is -2.18. The van der Waals surface area contributed by atoms with E-state index >= 15 is 0 Å². The minimum atomic E-state index is -1.17. The van der Waals surface area contributed by atoms with E-state index in [4.69, 9.17) is 39.5 Å². The van der Waals surface area contributed by atoms with Gasteiger partial charge in [-0.1, -0.05) is 29.1 Å². The van der Waals surface area contributed by atoms with Crippen LogP contribution >= 0.6 is 23.2 Å². The van der Waals surface area contributed by atoms with E-state index in [2.05, 4.69) is 5.92 Å². The van der Waals surface area contributed by atoms with E-state index in [1.807, 2.05) is 0 Å². The molecule has 0 spiro atoms. The van der Waals surface area contributed by atoms with Gasteiger partial charge in [0, 0.05) is 5.56 Å². The molecule has 0 radical (unpaired) electrons. The molecule has 0 saturated heterocycles. The fourth-order valence-corrected chi connectivity index (χ4v) is 2.18. The van der Waals surface area contributed by atoms with Gasteiger partial charge < -0.3 is 14.7 Å². The van der Waals surface area contributed by atoms with E-state index in [0.717, 1.165) is 4.90 Å². The highest BCUT2D eigenvalue weighted by atomic mass is 35.5. The molecule has 0 aliphatic rings. The number of hydrogen-bond acceptors (Lipinski definition) is 3. The molecular formula is C13H11Cl2NO4. The summed E-state index contributed by atoms with van der Waals surface area (Å²) in [5.74, 6) is 0.729. The second kappa shape index (κ2) is 7.04. The van der Waals surface area contributed by atoms with Crippen molar-refractivity contribution in [3.8, 4) is 18.1 Å². The first-order chi connectivity index (χ1) is 9.40. The maximum atomic E-state index is 12.2. The van der Waals surface area contributed by atoms with Crippen molar-refractivity contribution < 1.29 is 19.4 Å². The van der Waals surface area contributed by atoms with Crippen LogP contribution in [0.3, 0.4) is 0 Å². The number of carbonyl (C=O) groups excluding carboxylic acids is 1. The number of hydrogen-bond donors (Lipinski definition) is 1. The van der Waals surface area contributed by atoms with E-state index in [9.17, 15) is 9.59 Å². The number of carbonyl (C=O) groups is 2. The normalized spacial score (nSPS) is 9.70. The summed E-state index contributed by atoms with van der Waals surface area (Å²) in [6.45, 7) is -0.642. The Labute approximate surface area is 126 Å². The van der Waals surface area contributed by atoms with Gasteiger partial charge in [-0.05, 0) is 12.1 Å². The largest absolute Gasteiger partial charge is 0.494 e. The SMILES string of the molecule is C#CCN(CC(=O)O)C(=O)c1cc(Cl)c(OC)c(Cl)c1. The molecule has 1 aromatic rings. The average Bonchev–Trinajstić information content (AvgIpc) is 2.36. The Morgan fingerprint density at radius 3 is 2.35 bits per heavy atom. The molecular weight excluding hydrogens is 305 g/mol. The lowest BCUT2D eigenvalue weighted by atomic mass is 10.2. The predicted molar refractivity (Wildman–Crippen MR) is 75.4 cm³/mol. The van der Waals surface area contributed by atoms with Crippen molar-refractivity contribution in [3.63, 3.8) is 0 Å². The quantitative estimate of drug-likeness (QED) is 0.846. The maximum Gasteiger partial charge on any atom is 0.323 e. The molecule has 0 saturated carbocycles. The van der Waals surface area contributed by atoms with Crippen LogP contribution in [0.4, 0.5) is 0 Å². The van der Waals surface area contributed by atoms with Crippen molar-refractivity contribution in [3.05, 3.63) is 27.7 Å². The van der Waals surface area contributed by atoms with Crippen molar-refractivity contribution in [1.29, 1.82) is 0 Å². The third-order valence-corrected chi connectivity index (χ3v) is 2.91. The zero-order chi connectivity index (χ0) is 15.3. The van der Waals surface area contributed by atoms with E-state index in [0.29, 0.717) is 0 Å². The van der Waals surface area contributed by atoms with Crippen LogP contribution in [0.25, 0.3) is 0 Å². The number of rotatable bonds is 5. The molecule has 1 amide bonds. The number of terminal acetylenes is 1. The fourth-order valence-electron chi connectivity index (χ4n) is 1.53. The number of nitrogens with zero attached hydrogens (tertiary/aromatic N) is 1. The molecule has 1 rings (SSSR count). The van der Waals surface area contributed by atoms with Crippen LogP contribution in [0.15, 0.2) is 12.1 Å². The van der Waals surface area contributed by atoms with Crippen molar-refractivity contribution >= 4 is 35.1 Å². The van der Waals surface area contributed by atoms with Gasteiger partial charge in [-0.15, -0.1) is 6.42 Å². The number of aliphatic carboxylic acids is 1. The first-order valence-electron chi connectivity index (χ1n) is 5.38. The fraction of sp³-hybridized carbons (Fsp3) is 0.231. The topological polar surface area (TPSA) is 66.8 Å². The molecule has 0 heterocycles. The molecule has 0 bridgehead atoms. The Morgan fingerprint density at radius 2 is 1.95 bits per heavy atom. The molecule has 1 N–H and O–H groups in total. The van der Waals surface area contributed by atoms with Crippen molar-refractivity contribution in [2.24, 2.45) is 0 Å². The summed E-state index contributed by atoms with van der Waals surface area (Å²) in [5, 5.41) is 9.07. The number of ether oxygens (including phenoxy) is 1. The van der Waals surface area contributed by atoms with Crippen LogP contribution in [0.5, 0.6) is 5.75 Å². The third kappa shape index (κ3) is 3.80. The van der Waals surface area contributed by atoms with Crippen molar-refractivity contribution in [2.75, 3.05) is 20.2 Å². The second-order valence-corrected chi connectivity index (χ2v) is 4.55. The molecule has 5 nitrogen and oxygen atoms in total. The Balaban J connectivity index is 3.12. The summed E-state index contributed by atoms with van der Waals surface area (Å²) in [5.41, 5.74) is 0.136. The number of benzene rings is 1. The second-order valence-electron chi connectivity index (χ2n) is 3.73. The van der Waals surface area contributed by atoms with Gasteiger partial charge in [0.05, 0.1) is 23.7 Å². The maximum absolute atomic E-state index is 12.2. The van der Waals surface area contributed by atoms with Crippen LogP contribution in [0, 0.1) is 12.3 Å². The monoisotopic (exact) mass is 315 g/mol. The van der Waals surface area contributed by atoms with Gasteiger partial charge in [0.25, 0.3) is 5.91 Å². The number of carboxylic acids is 1. The highest BCUT2D eigenvalue weighted by Gasteiger charge is 2.20. The lowest BCUT2D eigenvalue weighted by molar-refractivity contribution is -0.137. The molecule has 0 atom stereocenters. The molecule has 106 valence electrons. The smallest absolute Gasteiger partial charge is 0.323 e. The van der Waals surface area contributed by atoms with E-state index < -0.39 is 18.4 Å². The summed E-state index contributed by atoms with van der Waals surface area (Å²) in [7, 11) is 1.39. The Morgan fingerprint density at radius 1 is 1.40 bits per heavy atom. The highest BCUT2D eigenvalue weighted by Crippen LogP contribution is 2.34. The van der Waals surface area contributed by atoms with Crippen LogP contribution < -0.4 is 4.74 Å². The van der Waals surface area contributed by atoms with E-state index in [-0.39, 0.29) is 27.9 Å². The molecule has 0 aromatic heterocycles. The first kappa shape index (κ1) is 16.2. The summed E-state index contributed by atoms with van der Waals surface area (Å²) >= 11 is 11.9. The average molecular weight is 316 g/mol. The number of methoxy groups -OCH3 is 1. The van der Waals surface area contributed by atoms with E-state index in [1.54, 1.807) is 0 Å². The van der Waals surface area contributed by atoms with Crippen LogP contribution in [0.2, 0.25) is 10.0 Å². The zero-order valence-electron chi connectivity index (χ0n) is 10.5. The summed E-state index contributed by atoms with van der Waals surface area (Å²) in [4.78, 5) is 23.9. The predicted octanol–water partition coefficient (Wildman–Crippen LogP) is 2.16. The van der Waals surface area contributed by atoms with Gasteiger partial charge in [-0.3, -0.25) is 9.59 Å². The molecule has 20 heavy (non-hydrogen) atoms. The molecule has 7 heteroatoms. The summed E-state index contributed by atoms with van der Waals surface area (Å²) in [6, 6.07) is 2.69. The Hall–Kier alpha value is -1.90. The summed E-state index contributed by atoms with van der Waals surface area (Å²) < 4.78 is 4.97. The third-order valence-electron chi connectivity index (χ3n) is 2.34. The number of halogens is 2. The van der Waals surface area contributed by atoms with Crippen molar-refractivity contribution in [1.82, 2.24) is 4.90 Å². The van der Waals surface area contributed by atoms with Gasteiger partial charge in [-0.2, -0.15) is 0 Å². The van der Waals surface area contributed by atoms with Crippen LogP contribution in [-0.4, -0.2) is 42.1 Å². The zero-order valence-corrected chi connectivity index (χ0v) is 12.0. The van der Waals surface area contributed by atoms with Gasteiger partial charge >= 0.3 is 5.97 Å². The van der Waals surface area contributed by atoms with Crippen molar-refractivity contribution in [2.45, 2.75) is 0 Å². The molecule has 0 aliphatic heterocycles. The Bertz CT molecular complexity index is 557. The summed E-state index contributed by atoms with van der Waals surface area (Å²) in [6.07, 6.45) is 5.12. The molecule has 1 aromatic carbocycles. The van der Waals surface area contributed by atoms with Crippen LogP contribution in [-0.2, 0) is 4.79 Å². The van der Waals surface area contributed by atoms with Gasteiger partial charge in [0.1, 0.15) is 6.54 Å². The minimum Gasteiger partial charge on any atom is -0.494 e. The Kier molecular flexibility index (Phi) is 5.68. The molecule has 0 fully saturated rings. The molecule has 0 unspecified atom stereocenters. The highest BCUT2D eigenvalue weighted by molar-refractivity contribution is 6.37. The van der Waals surface area contributed by atoms with Gasteiger partial charge in [-0.25, -0.2) is 0 Å². The first-order valence-corrected chi connectivity index (χ1v) is 6.13. The van der Waals surface area contributed by atoms with Gasteiger partial charge in [0.2, 0.25) is 0 Å². The van der Waals surface area contributed by atoms with Crippen LogP contribution in [0.1, 0.15) is 10.4 Å². The van der Waals surface area contributed by atoms with E-state index in [1.165, 1.54) is 19.2 Å². The standard InChI is InChI=1S/C13H11Cl2NO4/c1-3-4-16(7-11(17)18)13(19)8-5-9(14)12(20-2)10(15)6-8/h1,5-6H,4,7H2,2H3,(H,17,18). The number of amides is 1. The minimum absolute atomic E-state index is 0.133. The van der Waals surface area contributed by atoms with Gasteiger partial charge in [0.15, 0.2) is 5.75 Å².